The first-order chi connectivity index (χ1) is 11.5. The molecule has 0 unspecified atom stereocenters. The smallest absolute Gasteiger partial charge is 0.186 e. The molecule has 2 aromatic carbocycles. The van der Waals surface area contributed by atoms with Crippen LogP contribution in [-0.4, -0.2) is 10.9 Å². The van der Waals surface area contributed by atoms with E-state index in [4.69, 9.17) is 27.6 Å². The standard InChI is InChI=1S/C19H12Cl2O3/c20-16-6-2-5-15(19(16)21)18-10-8-14(24-18)7-9-17(23)12-3-1-4-13(22)11-12/h1-11,22H/b9-7+. The molecule has 0 atom stereocenters. The number of hydrogen-bond acceptors (Lipinski definition) is 3. The Labute approximate surface area is 148 Å². The molecule has 0 saturated heterocycles. The molecule has 1 heterocycles. The van der Waals surface area contributed by atoms with Crippen molar-refractivity contribution in [3.05, 3.63) is 82.0 Å². The molecule has 0 radical (unpaired) electrons. The number of phenolic OH excluding ortho intramolecular Hbond substituents is 1. The van der Waals surface area contributed by atoms with Crippen LogP contribution in [0.15, 0.2) is 65.1 Å². The number of carbonyl (C=O) groups is 1. The Hall–Kier alpha value is -2.49. The Kier molecular flexibility index (Phi) is 4.74. The van der Waals surface area contributed by atoms with Crippen molar-refractivity contribution in [2.24, 2.45) is 0 Å². The van der Waals surface area contributed by atoms with Gasteiger partial charge in [-0.1, -0.05) is 41.4 Å². The lowest BCUT2D eigenvalue weighted by molar-refractivity contribution is 0.104. The van der Waals surface area contributed by atoms with E-state index in [9.17, 15) is 9.90 Å². The van der Waals surface area contributed by atoms with Gasteiger partial charge in [-0.15, -0.1) is 0 Å². The third kappa shape index (κ3) is 3.53. The summed E-state index contributed by atoms with van der Waals surface area (Å²) in [5.74, 6) is 0.885. The number of allylic oxidation sites excluding steroid dienone is 1. The summed E-state index contributed by atoms with van der Waals surface area (Å²) in [6.45, 7) is 0. The van der Waals surface area contributed by atoms with Crippen LogP contribution in [-0.2, 0) is 0 Å². The Morgan fingerprint density at radius 3 is 2.62 bits per heavy atom. The van der Waals surface area contributed by atoms with Crippen LogP contribution in [0, 0.1) is 0 Å². The van der Waals surface area contributed by atoms with Gasteiger partial charge in [0.15, 0.2) is 5.78 Å². The van der Waals surface area contributed by atoms with E-state index < -0.39 is 0 Å². The van der Waals surface area contributed by atoms with Gasteiger partial charge in [-0.05, 0) is 48.6 Å². The van der Waals surface area contributed by atoms with Gasteiger partial charge in [0.05, 0.1) is 10.0 Å². The molecule has 3 aromatic rings. The molecule has 3 rings (SSSR count). The summed E-state index contributed by atoms with van der Waals surface area (Å²) < 4.78 is 5.68. The molecule has 1 aromatic heterocycles. The van der Waals surface area contributed by atoms with Gasteiger partial charge < -0.3 is 9.52 Å². The number of aromatic hydroxyl groups is 1. The monoisotopic (exact) mass is 358 g/mol. The van der Waals surface area contributed by atoms with Crippen LogP contribution < -0.4 is 0 Å². The number of ketones is 1. The fourth-order valence-corrected chi connectivity index (χ4v) is 2.59. The van der Waals surface area contributed by atoms with E-state index in [2.05, 4.69) is 0 Å². The number of furan rings is 1. The SMILES string of the molecule is O=C(/C=C/c1ccc(-c2cccc(Cl)c2Cl)o1)c1cccc(O)c1. The molecule has 5 heteroatoms. The van der Waals surface area contributed by atoms with Crippen molar-refractivity contribution in [3.63, 3.8) is 0 Å². The summed E-state index contributed by atoms with van der Waals surface area (Å²) in [6.07, 6.45) is 2.95. The minimum atomic E-state index is -0.232. The Balaban J connectivity index is 1.81. The highest BCUT2D eigenvalue weighted by molar-refractivity contribution is 6.43. The van der Waals surface area contributed by atoms with Crippen molar-refractivity contribution in [2.45, 2.75) is 0 Å². The van der Waals surface area contributed by atoms with E-state index in [-0.39, 0.29) is 11.5 Å². The number of rotatable bonds is 4. The first-order valence-corrected chi connectivity index (χ1v) is 7.86. The number of hydrogen-bond donors (Lipinski definition) is 1. The molecule has 24 heavy (non-hydrogen) atoms. The zero-order valence-corrected chi connectivity index (χ0v) is 13.9. The minimum absolute atomic E-state index is 0.0464. The highest BCUT2D eigenvalue weighted by atomic mass is 35.5. The summed E-state index contributed by atoms with van der Waals surface area (Å²) in [6, 6.07) is 14.9. The predicted octanol–water partition coefficient (Wildman–Crippen LogP) is 5.86. The number of phenols is 1. The molecular weight excluding hydrogens is 347 g/mol. The van der Waals surface area contributed by atoms with Crippen molar-refractivity contribution < 1.29 is 14.3 Å². The lowest BCUT2D eigenvalue weighted by Crippen LogP contribution is -1.92. The molecular formula is C19H12Cl2O3. The summed E-state index contributed by atoms with van der Waals surface area (Å²) in [5.41, 5.74) is 1.08. The molecule has 0 aliphatic rings. The highest BCUT2D eigenvalue weighted by Gasteiger charge is 2.10. The quantitative estimate of drug-likeness (QED) is 0.469. The maximum atomic E-state index is 12.1. The zero-order chi connectivity index (χ0) is 17.1. The maximum Gasteiger partial charge on any atom is 0.186 e. The Morgan fingerprint density at radius 1 is 1.04 bits per heavy atom. The fourth-order valence-electron chi connectivity index (χ4n) is 2.19. The van der Waals surface area contributed by atoms with E-state index in [1.54, 1.807) is 48.5 Å². The summed E-state index contributed by atoms with van der Waals surface area (Å²) in [7, 11) is 0. The van der Waals surface area contributed by atoms with Gasteiger partial charge in [0.25, 0.3) is 0 Å². The van der Waals surface area contributed by atoms with Crippen molar-refractivity contribution >= 4 is 35.1 Å². The van der Waals surface area contributed by atoms with Crippen LogP contribution >= 0.6 is 23.2 Å². The molecule has 0 fully saturated rings. The van der Waals surface area contributed by atoms with Crippen LogP contribution in [0.1, 0.15) is 16.1 Å². The average molecular weight is 359 g/mol. The number of carbonyl (C=O) groups excluding carboxylic acids is 1. The second-order valence-electron chi connectivity index (χ2n) is 5.05. The largest absolute Gasteiger partial charge is 0.508 e. The van der Waals surface area contributed by atoms with Crippen molar-refractivity contribution in [1.82, 2.24) is 0 Å². The van der Waals surface area contributed by atoms with Gasteiger partial charge in [0.1, 0.15) is 17.3 Å². The second-order valence-corrected chi connectivity index (χ2v) is 5.84. The summed E-state index contributed by atoms with van der Waals surface area (Å²) in [4.78, 5) is 12.1. The molecule has 0 spiro atoms. The minimum Gasteiger partial charge on any atom is -0.508 e. The van der Waals surface area contributed by atoms with Crippen LogP contribution in [0.25, 0.3) is 17.4 Å². The van der Waals surface area contributed by atoms with Crippen molar-refractivity contribution in [1.29, 1.82) is 0 Å². The normalized spacial score (nSPS) is 11.1. The van der Waals surface area contributed by atoms with Crippen molar-refractivity contribution in [2.75, 3.05) is 0 Å². The van der Waals surface area contributed by atoms with Crippen molar-refractivity contribution in [3.8, 4) is 17.1 Å². The summed E-state index contributed by atoms with van der Waals surface area (Å²) in [5, 5.41) is 10.3. The number of benzene rings is 2. The highest BCUT2D eigenvalue weighted by Crippen LogP contribution is 2.34. The summed E-state index contributed by atoms with van der Waals surface area (Å²) >= 11 is 12.2. The van der Waals surface area contributed by atoms with Gasteiger partial charge in [-0.2, -0.15) is 0 Å². The third-order valence-corrected chi connectivity index (χ3v) is 4.19. The second kappa shape index (κ2) is 6.95. The molecule has 0 amide bonds. The molecule has 0 bridgehead atoms. The van der Waals surface area contributed by atoms with Gasteiger partial charge in [-0.3, -0.25) is 4.79 Å². The van der Waals surface area contributed by atoms with E-state index in [1.165, 1.54) is 18.2 Å². The van der Waals surface area contributed by atoms with Gasteiger partial charge in [0.2, 0.25) is 0 Å². The van der Waals surface area contributed by atoms with E-state index >= 15 is 0 Å². The predicted molar refractivity (Wildman–Crippen MR) is 95.6 cm³/mol. The topological polar surface area (TPSA) is 50.4 Å². The molecule has 3 nitrogen and oxygen atoms in total. The Bertz CT molecular complexity index is 926. The first-order valence-electron chi connectivity index (χ1n) is 7.10. The van der Waals surface area contributed by atoms with Crippen LogP contribution in [0.4, 0.5) is 0 Å². The molecule has 0 saturated carbocycles. The lowest BCUT2D eigenvalue weighted by atomic mass is 10.1. The molecule has 1 N–H and O–H groups in total. The molecule has 120 valence electrons. The van der Waals surface area contributed by atoms with Crippen LogP contribution in [0.5, 0.6) is 5.75 Å². The zero-order valence-electron chi connectivity index (χ0n) is 12.4. The maximum absolute atomic E-state index is 12.1. The van der Waals surface area contributed by atoms with Gasteiger partial charge in [0, 0.05) is 11.1 Å². The Morgan fingerprint density at radius 2 is 1.83 bits per heavy atom. The van der Waals surface area contributed by atoms with E-state index in [0.29, 0.717) is 32.7 Å². The molecule has 0 aliphatic heterocycles. The fraction of sp³-hybridized carbons (Fsp3) is 0. The van der Waals surface area contributed by atoms with E-state index in [0.717, 1.165) is 0 Å². The first kappa shape index (κ1) is 16.4. The van der Waals surface area contributed by atoms with Gasteiger partial charge in [-0.25, -0.2) is 0 Å². The lowest BCUT2D eigenvalue weighted by Gasteiger charge is -2.01. The van der Waals surface area contributed by atoms with Gasteiger partial charge >= 0.3 is 0 Å². The average Bonchev–Trinajstić information content (AvgIpc) is 3.04. The number of halogens is 2. The third-order valence-electron chi connectivity index (χ3n) is 3.37. The molecule has 0 aliphatic carbocycles. The van der Waals surface area contributed by atoms with Crippen LogP contribution in [0.2, 0.25) is 10.0 Å². The van der Waals surface area contributed by atoms with Crippen LogP contribution in [0.3, 0.4) is 0 Å². The van der Waals surface area contributed by atoms with E-state index in [1.807, 2.05) is 0 Å².